The van der Waals surface area contributed by atoms with Gasteiger partial charge in [-0.3, -0.25) is 0 Å². The van der Waals surface area contributed by atoms with Gasteiger partial charge in [-0.2, -0.15) is 0 Å². The first-order valence-electron chi connectivity index (χ1n) is 5.51. The highest BCUT2D eigenvalue weighted by molar-refractivity contribution is 7.98. The Morgan fingerprint density at radius 2 is 2.29 bits per heavy atom. The number of hydrogen-bond donors (Lipinski definition) is 1. The fourth-order valence-corrected chi connectivity index (χ4v) is 2.50. The van der Waals surface area contributed by atoms with Gasteiger partial charge in [0.15, 0.2) is 5.82 Å². The molecule has 0 aliphatic heterocycles. The van der Waals surface area contributed by atoms with Crippen molar-refractivity contribution in [3.63, 3.8) is 0 Å². The second-order valence-electron chi connectivity index (χ2n) is 4.06. The van der Waals surface area contributed by atoms with Crippen LogP contribution in [-0.4, -0.2) is 25.3 Å². The van der Waals surface area contributed by atoms with Crippen molar-refractivity contribution in [2.24, 2.45) is 0 Å². The van der Waals surface area contributed by atoms with Crippen LogP contribution in [0, 0.1) is 0 Å². The van der Waals surface area contributed by atoms with Crippen molar-refractivity contribution in [3.8, 4) is 5.75 Å². The van der Waals surface area contributed by atoms with Crippen molar-refractivity contribution < 1.29 is 5.11 Å². The topological polar surface area (TPSA) is 63.8 Å². The van der Waals surface area contributed by atoms with Gasteiger partial charge >= 0.3 is 0 Å². The molecule has 17 heavy (non-hydrogen) atoms. The Bertz CT molecular complexity index is 524. The molecule has 1 fully saturated rings. The molecular formula is C11H12N4OS. The van der Waals surface area contributed by atoms with Crippen molar-refractivity contribution in [3.05, 3.63) is 30.1 Å². The SMILES string of the molecule is Oc1cccc(SCc2nnnn2C2CC2)c1. The van der Waals surface area contributed by atoms with Gasteiger partial charge in [-0.1, -0.05) is 6.07 Å². The zero-order valence-corrected chi connectivity index (χ0v) is 9.97. The number of nitrogens with zero attached hydrogens (tertiary/aromatic N) is 4. The van der Waals surface area contributed by atoms with Gasteiger partial charge in [0.25, 0.3) is 0 Å². The molecule has 1 heterocycles. The standard InChI is InChI=1S/C11H12N4OS/c16-9-2-1-3-10(6-9)17-7-11-12-13-14-15(11)8-4-5-8/h1-3,6,8,16H,4-5,7H2. The molecule has 1 aromatic heterocycles. The molecule has 0 radical (unpaired) electrons. The fourth-order valence-electron chi connectivity index (χ4n) is 1.63. The minimum atomic E-state index is 0.289. The minimum Gasteiger partial charge on any atom is -0.508 e. The number of tetrazole rings is 1. The normalized spacial score (nSPS) is 15.1. The summed E-state index contributed by atoms with van der Waals surface area (Å²) in [6.07, 6.45) is 2.35. The van der Waals surface area contributed by atoms with Gasteiger partial charge in [0, 0.05) is 4.90 Å². The Morgan fingerprint density at radius 3 is 3.06 bits per heavy atom. The van der Waals surface area contributed by atoms with Crippen LogP contribution in [0.4, 0.5) is 0 Å². The highest BCUT2D eigenvalue weighted by atomic mass is 32.2. The minimum absolute atomic E-state index is 0.289. The Hall–Kier alpha value is -1.56. The summed E-state index contributed by atoms with van der Waals surface area (Å²) in [5, 5.41) is 21.1. The monoisotopic (exact) mass is 248 g/mol. The molecule has 5 nitrogen and oxygen atoms in total. The summed E-state index contributed by atoms with van der Waals surface area (Å²) in [6, 6.07) is 7.72. The van der Waals surface area contributed by atoms with E-state index in [1.807, 2.05) is 16.8 Å². The zero-order chi connectivity index (χ0) is 11.7. The first-order chi connectivity index (χ1) is 8.33. The van der Waals surface area contributed by atoms with Crippen molar-refractivity contribution >= 4 is 11.8 Å². The van der Waals surface area contributed by atoms with Crippen LogP contribution in [0.5, 0.6) is 5.75 Å². The Kier molecular flexibility index (Phi) is 2.72. The van der Waals surface area contributed by atoms with Crippen molar-refractivity contribution in [1.82, 2.24) is 20.2 Å². The summed E-state index contributed by atoms with van der Waals surface area (Å²) in [6.45, 7) is 0. The predicted molar refractivity (Wildman–Crippen MR) is 63.8 cm³/mol. The second-order valence-corrected chi connectivity index (χ2v) is 5.11. The molecule has 0 atom stereocenters. The third-order valence-corrected chi connectivity index (χ3v) is 3.63. The first-order valence-corrected chi connectivity index (χ1v) is 6.50. The van der Waals surface area contributed by atoms with Crippen molar-refractivity contribution in [1.29, 1.82) is 0 Å². The molecule has 1 N–H and O–H groups in total. The third-order valence-electron chi connectivity index (χ3n) is 2.64. The lowest BCUT2D eigenvalue weighted by Crippen LogP contribution is -2.02. The van der Waals surface area contributed by atoms with E-state index >= 15 is 0 Å². The molecule has 1 saturated carbocycles. The molecule has 1 aliphatic carbocycles. The first kappa shape index (κ1) is 10.6. The van der Waals surface area contributed by atoms with Gasteiger partial charge in [0.1, 0.15) is 5.75 Å². The Labute approximate surface area is 103 Å². The number of rotatable bonds is 4. The number of aromatic nitrogens is 4. The highest BCUT2D eigenvalue weighted by Gasteiger charge is 2.27. The highest BCUT2D eigenvalue weighted by Crippen LogP contribution is 2.35. The summed E-state index contributed by atoms with van der Waals surface area (Å²) in [5.74, 6) is 1.92. The predicted octanol–water partition coefficient (Wildman–Crippen LogP) is 2.01. The van der Waals surface area contributed by atoms with E-state index in [4.69, 9.17) is 0 Å². The van der Waals surface area contributed by atoms with Crippen LogP contribution < -0.4 is 0 Å². The number of phenols is 1. The third kappa shape index (κ3) is 2.41. The molecule has 6 heteroatoms. The lowest BCUT2D eigenvalue weighted by molar-refractivity contribution is 0.474. The summed E-state index contributed by atoms with van der Waals surface area (Å²) in [5.41, 5.74) is 0. The molecule has 1 aliphatic rings. The van der Waals surface area contributed by atoms with E-state index in [1.165, 1.54) is 12.8 Å². The summed E-state index contributed by atoms with van der Waals surface area (Å²) in [4.78, 5) is 1.02. The molecule has 3 rings (SSSR count). The number of thioether (sulfide) groups is 1. The van der Waals surface area contributed by atoms with Crippen LogP contribution in [-0.2, 0) is 5.75 Å². The van der Waals surface area contributed by atoms with Crippen LogP contribution in [0.2, 0.25) is 0 Å². The maximum atomic E-state index is 9.36. The average Bonchev–Trinajstić information content (AvgIpc) is 3.06. The van der Waals surface area contributed by atoms with E-state index in [0.29, 0.717) is 6.04 Å². The van der Waals surface area contributed by atoms with E-state index in [2.05, 4.69) is 15.5 Å². The van der Waals surface area contributed by atoms with Crippen LogP contribution in [0.1, 0.15) is 24.7 Å². The summed E-state index contributed by atoms with van der Waals surface area (Å²) >= 11 is 1.63. The zero-order valence-electron chi connectivity index (χ0n) is 9.15. The average molecular weight is 248 g/mol. The van der Waals surface area contributed by atoms with Crippen molar-refractivity contribution in [2.75, 3.05) is 0 Å². The second kappa shape index (κ2) is 4.37. The molecule has 0 bridgehead atoms. The molecule has 1 aromatic carbocycles. The van der Waals surface area contributed by atoms with E-state index in [9.17, 15) is 5.11 Å². The van der Waals surface area contributed by atoms with Gasteiger partial charge in [-0.05, 0) is 41.5 Å². The van der Waals surface area contributed by atoms with Crippen LogP contribution in [0.25, 0.3) is 0 Å². The molecule has 0 spiro atoms. The molecule has 0 saturated heterocycles. The smallest absolute Gasteiger partial charge is 0.161 e. The quantitative estimate of drug-likeness (QED) is 0.838. The van der Waals surface area contributed by atoms with Gasteiger partial charge in [-0.15, -0.1) is 16.9 Å². The number of hydrogen-bond acceptors (Lipinski definition) is 5. The number of phenolic OH excluding ortho intramolecular Hbond substituents is 1. The van der Waals surface area contributed by atoms with E-state index < -0.39 is 0 Å². The Balaban J connectivity index is 1.69. The molecule has 0 unspecified atom stereocenters. The molecule has 0 amide bonds. The van der Waals surface area contributed by atoms with Crippen LogP contribution >= 0.6 is 11.8 Å². The lowest BCUT2D eigenvalue weighted by Gasteiger charge is -2.03. The maximum absolute atomic E-state index is 9.36. The van der Waals surface area contributed by atoms with Gasteiger partial charge in [0.2, 0.25) is 0 Å². The van der Waals surface area contributed by atoms with Gasteiger partial charge in [0.05, 0.1) is 11.8 Å². The number of aromatic hydroxyl groups is 1. The van der Waals surface area contributed by atoms with Crippen LogP contribution in [0.15, 0.2) is 29.2 Å². The summed E-state index contributed by atoms with van der Waals surface area (Å²) in [7, 11) is 0. The molecular weight excluding hydrogens is 236 g/mol. The van der Waals surface area contributed by atoms with Gasteiger partial charge < -0.3 is 5.11 Å². The largest absolute Gasteiger partial charge is 0.508 e. The summed E-state index contributed by atoms with van der Waals surface area (Å²) < 4.78 is 1.91. The maximum Gasteiger partial charge on any atom is 0.161 e. The fraction of sp³-hybridized carbons (Fsp3) is 0.364. The molecule has 88 valence electrons. The Morgan fingerprint density at radius 1 is 1.41 bits per heavy atom. The van der Waals surface area contributed by atoms with E-state index in [-0.39, 0.29) is 5.75 Å². The molecule has 2 aromatic rings. The van der Waals surface area contributed by atoms with E-state index in [0.717, 1.165) is 16.5 Å². The van der Waals surface area contributed by atoms with Crippen LogP contribution in [0.3, 0.4) is 0 Å². The lowest BCUT2D eigenvalue weighted by atomic mass is 10.3. The van der Waals surface area contributed by atoms with Gasteiger partial charge in [-0.25, -0.2) is 4.68 Å². The van der Waals surface area contributed by atoms with E-state index in [1.54, 1.807) is 23.9 Å². The van der Waals surface area contributed by atoms with Crippen molar-refractivity contribution in [2.45, 2.75) is 29.5 Å². The number of benzene rings is 1.